The van der Waals surface area contributed by atoms with Crippen molar-refractivity contribution in [1.29, 1.82) is 0 Å². The molecule has 0 bridgehead atoms. The molecule has 0 spiro atoms. The Hall–Kier alpha value is -2.95. The zero-order valence-corrected chi connectivity index (χ0v) is 20.8. The van der Waals surface area contributed by atoms with Gasteiger partial charge < -0.3 is 14.0 Å². The van der Waals surface area contributed by atoms with Crippen LogP contribution in [0.2, 0.25) is 0 Å². The number of hydrogen-bond donors (Lipinski definition) is 0. The maximum absolute atomic E-state index is 13.3. The molecule has 0 N–H and O–H groups in total. The molecule has 1 aliphatic rings. The number of methoxy groups -OCH3 is 1. The Balaban J connectivity index is 1.31. The minimum Gasteiger partial charge on any atom is -0.497 e. The number of benzene rings is 2. The van der Waals surface area contributed by atoms with Gasteiger partial charge in [-0.15, -0.1) is 0 Å². The number of aryl methyl sites for hydroxylation is 3. The third-order valence-corrected chi connectivity index (χ3v) is 8.04. The Morgan fingerprint density at radius 3 is 2.21 bits per heavy atom. The van der Waals surface area contributed by atoms with E-state index in [4.69, 9.17) is 14.0 Å². The maximum Gasteiger partial charge on any atom is 0.243 e. The molecule has 1 saturated heterocycles. The largest absolute Gasteiger partial charge is 0.497 e. The van der Waals surface area contributed by atoms with Gasteiger partial charge in [0.1, 0.15) is 11.5 Å². The van der Waals surface area contributed by atoms with Crippen LogP contribution < -0.4 is 9.47 Å². The van der Waals surface area contributed by atoms with Gasteiger partial charge in [-0.05, 0) is 56.2 Å². The monoisotopic (exact) mass is 486 g/mol. The van der Waals surface area contributed by atoms with Crippen molar-refractivity contribution >= 4 is 10.0 Å². The molecule has 2 aromatic carbocycles. The minimum atomic E-state index is -3.54. The molecular formula is C24H30N4O5S. The van der Waals surface area contributed by atoms with Crippen molar-refractivity contribution in [3.8, 4) is 11.5 Å². The highest BCUT2D eigenvalue weighted by Gasteiger charge is 2.31. The van der Waals surface area contributed by atoms with Gasteiger partial charge in [0, 0.05) is 26.2 Å². The Morgan fingerprint density at radius 2 is 1.59 bits per heavy atom. The summed E-state index contributed by atoms with van der Waals surface area (Å²) >= 11 is 0. The molecule has 9 nitrogen and oxygen atoms in total. The summed E-state index contributed by atoms with van der Waals surface area (Å²) in [6.07, 6.45) is 0. The summed E-state index contributed by atoms with van der Waals surface area (Å²) in [6.45, 7) is 8.34. The molecule has 3 aromatic rings. The van der Waals surface area contributed by atoms with Crippen LogP contribution in [0.3, 0.4) is 0 Å². The summed E-state index contributed by atoms with van der Waals surface area (Å²) in [5.74, 6) is 2.38. The second-order valence-corrected chi connectivity index (χ2v) is 10.4. The van der Waals surface area contributed by atoms with Crippen molar-refractivity contribution in [2.45, 2.75) is 38.8 Å². The molecule has 0 saturated carbocycles. The highest BCUT2D eigenvalue weighted by molar-refractivity contribution is 7.89. The van der Waals surface area contributed by atoms with Crippen LogP contribution in [0, 0.1) is 20.8 Å². The van der Waals surface area contributed by atoms with Crippen LogP contribution in [0.4, 0.5) is 0 Å². The van der Waals surface area contributed by atoms with Gasteiger partial charge in [0.15, 0.2) is 6.61 Å². The average molecular weight is 487 g/mol. The van der Waals surface area contributed by atoms with Crippen molar-refractivity contribution in [1.82, 2.24) is 19.3 Å². The van der Waals surface area contributed by atoms with Gasteiger partial charge in [0.25, 0.3) is 0 Å². The third-order valence-electron chi connectivity index (χ3n) is 5.83. The minimum absolute atomic E-state index is 0.192. The lowest BCUT2D eigenvalue weighted by atomic mass is 10.1. The van der Waals surface area contributed by atoms with Crippen LogP contribution in [0.25, 0.3) is 0 Å². The second-order valence-electron chi connectivity index (χ2n) is 8.48. The van der Waals surface area contributed by atoms with Crippen molar-refractivity contribution in [2.75, 3.05) is 33.3 Å². The summed E-state index contributed by atoms with van der Waals surface area (Å²) in [5.41, 5.74) is 2.64. The van der Waals surface area contributed by atoms with Gasteiger partial charge in [-0.1, -0.05) is 22.9 Å². The van der Waals surface area contributed by atoms with Gasteiger partial charge in [-0.3, -0.25) is 4.90 Å². The molecule has 2 heterocycles. The number of rotatable bonds is 8. The lowest BCUT2D eigenvalue weighted by molar-refractivity contribution is 0.163. The average Bonchev–Trinajstić information content (AvgIpc) is 3.25. The number of aromatic nitrogens is 2. The molecule has 0 radical (unpaired) electrons. The lowest BCUT2D eigenvalue weighted by Gasteiger charge is -2.33. The topological polar surface area (TPSA) is 98.0 Å². The Labute approximate surface area is 200 Å². The molecular weight excluding hydrogens is 456 g/mol. The van der Waals surface area contributed by atoms with E-state index in [1.807, 2.05) is 57.2 Å². The van der Waals surface area contributed by atoms with E-state index in [1.165, 1.54) is 0 Å². The van der Waals surface area contributed by atoms with E-state index < -0.39 is 10.0 Å². The van der Waals surface area contributed by atoms with Crippen LogP contribution >= 0.6 is 0 Å². The fourth-order valence-corrected chi connectivity index (χ4v) is 6.09. The van der Waals surface area contributed by atoms with Crippen LogP contribution in [0.15, 0.2) is 45.8 Å². The van der Waals surface area contributed by atoms with E-state index in [1.54, 1.807) is 11.4 Å². The molecule has 4 rings (SSSR count). The predicted molar refractivity (Wildman–Crippen MR) is 126 cm³/mol. The van der Waals surface area contributed by atoms with Crippen molar-refractivity contribution in [3.05, 3.63) is 64.8 Å². The molecule has 1 aliphatic heterocycles. The zero-order valence-electron chi connectivity index (χ0n) is 19.9. The van der Waals surface area contributed by atoms with Crippen LogP contribution in [0.1, 0.15) is 28.4 Å². The van der Waals surface area contributed by atoms with Gasteiger partial charge in [0.05, 0.1) is 18.6 Å². The lowest BCUT2D eigenvalue weighted by Crippen LogP contribution is -2.48. The number of ether oxygens (including phenoxy) is 2. The smallest absolute Gasteiger partial charge is 0.243 e. The zero-order chi connectivity index (χ0) is 24.3. The van der Waals surface area contributed by atoms with Gasteiger partial charge in [-0.2, -0.15) is 9.29 Å². The summed E-state index contributed by atoms with van der Waals surface area (Å²) in [6, 6.07) is 11.1. The van der Waals surface area contributed by atoms with Gasteiger partial charge >= 0.3 is 0 Å². The molecule has 34 heavy (non-hydrogen) atoms. The fraction of sp³-hybridized carbons (Fsp3) is 0.417. The molecule has 10 heteroatoms. The van der Waals surface area contributed by atoms with E-state index in [9.17, 15) is 8.42 Å². The molecule has 0 unspecified atom stereocenters. The Bertz CT molecular complexity index is 1210. The molecule has 0 aliphatic carbocycles. The Morgan fingerprint density at radius 1 is 0.971 bits per heavy atom. The summed E-state index contributed by atoms with van der Waals surface area (Å²) < 4.78 is 44.3. The SMILES string of the molecule is COc1ccc(OCc2noc(CN3CCN(S(=O)(=O)c4c(C)cc(C)cc4C)CC3)n2)cc1. The quantitative estimate of drug-likeness (QED) is 0.479. The van der Waals surface area contributed by atoms with E-state index in [0.29, 0.717) is 55.1 Å². The van der Waals surface area contributed by atoms with E-state index in [2.05, 4.69) is 15.0 Å². The summed E-state index contributed by atoms with van der Waals surface area (Å²) in [4.78, 5) is 6.93. The van der Waals surface area contributed by atoms with E-state index in [-0.39, 0.29) is 6.61 Å². The normalized spacial score (nSPS) is 15.4. The summed E-state index contributed by atoms with van der Waals surface area (Å²) in [7, 11) is -1.93. The summed E-state index contributed by atoms with van der Waals surface area (Å²) in [5, 5.41) is 3.98. The van der Waals surface area contributed by atoms with Gasteiger partial charge in [0.2, 0.25) is 21.7 Å². The van der Waals surface area contributed by atoms with Crippen molar-refractivity contribution in [3.63, 3.8) is 0 Å². The first-order chi connectivity index (χ1) is 16.3. The number of hydrogen-bond acceptors (Lipinski definition) is 8. The molecule has 1 fully saturated rings. The van der Waals surface area contributed by atoms with Crippen LogP contribution in [-0.2, 0) is 23.2 Å². The van der Waals surface area contributed by atoms with E-state index in [0.717, 1.165) is 22.4 Å². The fourth-order valence-electron chi connectivity index (χ4n) is 4.25. The molecule has 0 amide bonds. The van der Waals surface area contributed by atoms with Crippen LogP contribution in [-0.4, -0.2) is 61.1 Å². The first kappa shape index (κ1) is 24.2. The van der Waals surface area contributed by atoms with Crippen molar-refractivity contribution in [2.24, 2.45) is 0 Å². The highest BCUT2D eigenvalue weighted by atomic mass is 32.2. The molecule has 1 aromatic heterocycles. The predicted octanol–water partition coefficient (Wildman–Crippen LogP) is 3.09. The van der Waals surface area contributed by atoms with Crippen LogP contribution in [0.5, 0.6) is 11.5 Å². The standard InChI is InChI=1S/C24H30N4O5S/c1-17-13-18(2)24(19(3)14-17)34(29,30)28-11-9-27(10-12-28)15-23-25-22(26-33-23)16-32-21-7-5-20(31-4)6-8-21/h5-8,13-14H,9-12,15-16H2,1-4H3. The first-order valence-electron chi connectivity index (χ1n) is 11.1. The Kier molecular flexibility index (Phi) is 7.20. The highest BCUT2D eigenvalue weighted by Crippen LogP contribution is 2.26. The van der Waals surface area contributed by atoms with Crippen molar-refractivity contribution < 1.29 is 22.4 Å². The second kappa shape index (κ2) is 10.1. The molecule has 0 atom stereocenters. The van der Waals surface area contributed by atoms with E-state index >= 15 is 0 Å². The number of nitrogens with zero attached hydrogens (tertiary/aromatic N) is 4. The maximum atomic E-state index is 13.3. The number of piperazine rings is 1. The third kappa shape index (κ3) is 5.40. The molecule has 182 valence electrons. The van der Waals surface area contributed by atoms with Gasteiger partial charge in [-0.25, -0.2) is 8.42 Å². The number of sulfonamides is 1. The first-order valence-corrected chi connectivity index (χ1v) is 12.6.